The minimum atomic E-state index is -0.325. The molecule has 136 valence electrons. The number of imide groups is 1. The van der Waals surface area contributed by atoms with Crippen molar-refractivity contribution in [3.63, 3.8) is 0 Å². The molecule has 25 heavy (non-hydrogen) atoms. The Kier molecular flexibility index (Phi) is 6.14. The molecule has 1 heterocycles. The summed E-state index contributed by atoms with van der Waals surface area (Å²) >= 11 is 0. The van der Waals surface area contributed by atoms with Crippen LogP contribution in [-0.4, -0.2) is 61.4 Å². The Labute approximate surface area is 148 Å². The minimum absolute atomic E-state index is 0.202. The summed E-state index contributed by atoms with van der Waals surface area (Å²) in [5.41, 5.74) is 1.23. The first-order valence-corrected chi connectivity index (χ1v) is 8.49. The van der Waals surface area contributed by atoms with Gasteiger partial charge in [0.1, 0.15) is 0 Å². The number of fused-ring (bicyclic) bond motifs is 1. The zero-order valence-corrected chi connectivity index (χ0v) is 15.3. The highest BCUT2D eigenvalue weighted by atomic mass is 16.2. The van der Waals surface area contributed by atoms with Gasteiger partial charge in [-0.2, -0.15) is 0 Å². The predicted octanol–water partition coefficient (Wildman–Crippen LogP) is 2.01. The molecule has 1 aliphatic heterocycles. The summed E-state index contributed by atoms with van der Waals surface area (Å²) in [5.74, 6) is -0.370. The third kappa shape index (κ3) is 4.79. The van der Waals surface area contributed by atoms with E-state index >= 15 is 0 Å². The second-order valence-electron chi connectivity index (χ2n) is 6.91. The van der Waals surface area contributed by atoms with Crippen LogP contribution in [0.3, 0.4) is 0 Å². The van der Waals surface area contributed by atoms with Crippen LogP contribution in [0.2, 0.25) is 0 Å². The summed E-state index contributed by atoms with van der Waals surface area (Å²) in [7, 11) is 3.96. The van der Waals surface area contributed by atoms with Crippen molar-refractivity contribution in [1.82, 2.24) is 15.1 Å². The molecule has 1 aliphatic rings. The zero-order chi connectivity index (χ0) is 18.6. The van der Waals surface area contributed by atoms with Gasteiger partial charge < -0.3 is 15.5 Å². The van der Waals surface area contributed by atoms with Gasteiger partial charge in [-0.15, -0.1) is 0 Å². The lowest BCUT2D eigenvalue weighted by Crippen LogP contribution is -2.33. The quantitative estimate of drug-likeness (QED) is 0.584. The third-order valence-electron chi connectivity index (χ3n) is 3.84. The van der Waals surface area contributed by atoms with Crippen molar-refractivity contribution in [2.24, 2.45) is 5.92 Å². The number of benzene rings is 1. The SMILES string of the molecule is CC(C)CN1C(=O)c2ccc(NC(=O)NCCCN(C)C)cc2C1=O. The molecule has 0 saturated heterocycles. The van der Waals surface area contributed by atoms with Gasteiger partial charge in [0.15, 0.2) is 0 Å². The second-order valence-corrected chi connectivity index (χ2v) is 6.91. The molecule has 2 N–H and O–H groups in total. The summed E-state index contributed by atoms with van der Waals surface area (Å²) in [5, 5.41) is 5.48. The Bertz CT molecular complexity index is 670. The topological polar surface area (TPSA) is 81.8 Å². The normalized spacial score (nSPS) is 13.6. The van der Waals surface area contributed by atoms with Crippen LogP contribution in [0.1, 0.15) is 41.0 Å². The third-order valence-corrected chi connectivity index (χ3v) is 3.84. The predicted molar refractivity (Wildman–Crippen MR) is 96.8 cm³/mol. The maximum absolute atomic E-state index is 12.4. The smallest absolute Gasteiger partial charge is 0.319 e. The number of amides is 4. The summed E-state index contributed by atoms with van der Waals surface area (Å²) in [6, 6.07) is 4.48. The molecular formula is C18H26N4O3. The van der Waals surface area contributed by atoms with E-state index in [4.69, 9.17) is 0 Å². The Hall–Kier alpha value is -2.41. The van der Waals surface area contributed by atoms with Crippen LogP contribution in [0.25, 0.3) is 0 Å². The first-order valence-electron chi connectivity index (χ1n) is 8.49. The molecule has 0 unspecified atom stereocenters. The van der Waals surface area contributed by atoms with Gasteiger partial charge in [0.2, 0.25) is 0 Å². The van der Waals surface area contributed by atoms with E-state index in [1.165, 1.54) is 4.90 Å². The van der Waals surface area contributed by atoms with Crippen LogP contribution >= 0.6 is 0 Å². The van der Waals surface area contributed by atoms with Crippen molar-refractivity contribution < 1.29 is 14.4 Å². The van der Waals surface area contributed by atoms with E-state index in [1.807, 2.05) is 32.8 Å². The van der Waals surface area contributed by atoms with Gasteiger partial charge in [-0.1, -0.05) is 13.8 Å². The average molecular weight is 346 g/mol. The number of carbonyl (C=O) groups excluding carboxylic acids is 3. The molecule has 0 aromatic heterocycles. The minimum Gasteiger partial charge on any atom is -0.338 e. The lowest BCUT2D eigenvalue weighted by atomic mass is 10.1. The van der Waals surface area contributed by atoms with Gasteiger partial charge in [0, 0.05) is 18.8 Å². The van der Waals surface area contributed by atoms with Gasteiger partial charge >= 0.3 is 6.03 Å². The molecule has 0 spiro atoms. The van der Waals surface area contributed by atoms with Crippen LogP contribution in [0, 0.1) is 5.92 Å². The molecular weight excluding hydrogens is 320 g/mol. The highest BCUT2D eigenvalue weighted by Crippen LogP contribution is 2.26. The number of nitrogens with zero attached hydrogens (tertiary/aromatic N) is 2. The number of nitrogens with one attached hydrogen (secondary N) is 2. The van der Waals surface area contributed by atoms with Crippen molar-refractivity contribution in [3.8, 4) is 0 Å². The number of anilines is 1. The molecule has 0 aliphatic carbocycles. The van der Waals surface area contributed by atoms with Gasteiger partial charge in [0.05, 0.1) is 11.1 Å². The molecule has 1 aromatic carbocycles. The molecule has 0 fully saturated rings. The van der Waals surface area contributed by atoms with Crippen LogP contribution in [-0.2, 0) is 0 Å². The molecule has 0 atom stereocenters. The van der Waals surface area contributed by atoms with Gasteiger partial charge in [-0.25, -0.2) is 4.79 Å². The van der Waals surface area contributed by atoms with Crippen LogP contribution in [0.4, 0.5) is 10.5 Å². The highest BCUT2D eigenvalue weighted by Gasteiger charge is 2.35. The van der Waals surface area contributed by atoms with Gasteiger partial charge in [0.25, 0.3) is 11.8 Å². The number of rotatable bonds is 7. The largest absolute Gasteiger partial charge is 0.338 e. The fraction of sp³-hybridized carbons (Fsp3) is 0.500. The molecule has 7 nitrogen and oxygen atoms in total. The number of hydrogen-bond acceptors (Lipinski definition) is 4. The average Bonchev–Trinajstić information content (AvgIpc) is 2.76. The van der Waals surface area contributed by atoms with E-state index in [-0.39, 0.29) is 23.8 Å². The fourth-order valence-corrected chi connectivity index (χ4v) is 2.67. The molecule has 0 saturated carbocycles. The summed E-state index contributed by atoms with van der Waals surface area (Å²) in [4.78, 5) is 40.0. The van der Waals surface area contributed by atoms with Gasteiger partial charge in [-0.05, 0) is 51.2 Å². The van der Waals surface area contributed by atoms with Crippen molar-refractivity contribution in [2.45, 2.75) is 20.3 Å². The van der Waals surface area contributed by atoms with Crippen LogP contribution in [0.5, 0.6) is 0 Å². The van der Waals surface area contributed by atoms with E-state index in [0.717, 1.165) is 13.0 Å². The number of hydrogen-bond donors (Lipinski definition) is 2. The van der Waals surface area contributed by atoms with E-state index in [1.54, 1.807) is 18.2 Å². The van der Waals surface area contributed by atoms with E-state index < -0.39 is 0 Å². The number of carbonyl (C=O) groups is 3. The van der Waals surface area contributed by atoms with Crippen LogP contribution < -0.4 is 10.6 Å². The van der Waals surface area contributed by atoms with Crippen molar-refractivity contribution in [2.75, 3.05) is 39.0 Å². The second kappa shape index (κ2) is 8.11. The molecule has 0 bridgehead atoms. The molecule has 2 rings (SSSR count). The lowest BCUT2D eigenvalue weighted by molar-refractivity contribution is 0.0636. The maximum atomic E-state index is 12.4. The molecule has 0 radical (unpaired) electrons. The maximum Gasteiger partial charge on any atom is 0.319 e. The van der Waals surface area contributed by atoms with E-state index in [9.17, 15) is 14.4 Å². The standard InChI is InChI=1S/C18H26N4O3/c1-12(2)11-22-16(23)14-7-6-13(10-15(14)17(22)24)20-18(25)19-8-5-9-21(3)4/h6-7,10,12H,5,8-9,11H2,1-4H3,(H2,19,20,25). The van der Waals surface area contributed by atoms with Gasteiger partial charge in [-0.3, -0.25) is 14.5 Å². The first kappa shape index (κ1) is 18.9. The monoisotopic (exact) mass is 346 g/mol. The zero-order valence-electron chi connectivity index (χ0n) is 15.3. The first-order chi connectivity index (χ1) is 11.8. The van der Waals surface area contributed by atoms with E-state index in [0.29, 0.717) is 29.9 Å². The Balaban J connectivity index is 1.98. The molecule has 7 heteroatoms. The lowest BCUT2D eigenvalue weighted by Gasteiger charge is -2.15. The van der Waals surface area contributed by atoms with Crippen molar-refractivity contribution in [1.29, 1.82) is 0 Å². The molecule has 4 amide bonds. The summed E-state index contributed by atoms with van der Waals surface area (Å²) in [6.07, 6.45) is 0.849. The highest BCUT2D eigenvalue weighted by molar-refractivity contribution is 6.21. The van der Waals surface area contributed by atoms with Crippen molar-refractivity contribution in [3.05, 3.63) is 29.3 Å². The number of urea groups is 1. The fourth-order valence-electron chi connectivity index (χ4n) is 2.67. The summed E-state index contributed by atoms with van der Waals surface area (Å²) in [6.45, 7) is 5.76. The Morgan fingerprint density at radius 1 is 1.16 bits per heavy atom. The Morgan fingerprint density at radius 3 is 2.48 bits per heavy atom. The Morgan fingerprint density at radius 2 is 1.84 bits per heavy atom. The van der Waals surface area contributed by atoms with E-state index in [2.05, 4.69) is 10.6 Å². The summed E-state index contributed by atoms with van der Waals surface area (Å²) < 4.78 is 0. The van der Waals surface area contributed by atoms with Crippen LogP contribution in [0.15, 0.2) is 18.2 Å². The van der Waals surface area contributed by atoms with Crippen molar-refractivity contribution >= 4 is 23.5 Å². The molecule has 1 aromatic rings.